The summed E-state index contributed by atoms with van der Waals surface area (Å²) in [6.07, 6.45) is 8.69. The highest BCUT2D eigenvalue weighted by Gasteiger charge is 2.31. The lowest BCUT2D eigenvalue weighted by atomic mass is 9.85. The van der Waals surface area contributed by atoms with Gasteiger partial charge in [0.2, 0.25) is 0 Å². The maximum Gasteiger partial charge on any atom is 0.00952 e. The molecular formula is C12H23N. The van der Waals surface area contributed by atoms with E-state index in [2.05, 4.69) is 19.2 Å². The summed E-state index contributed by atoms with van der Waals surface area (Å²) < 4.78 is 0. The normalized spacial score (nSPS) is 37.4. The summed E-state index contributed by atoms with van der Waals surface area (Å²) in [5.41, 5.74) is 0. The van der Waals surface area contributed by atoms with Gasteiger partial charge in [-0.25, -0.2) is 0 Å². The summed E-state index contributed by atoms with van der Waals surface area (Å²) in [7, 11) is 0. The van der Waals surface area contributed by atoms with Crippen molar-refractivity contribution < 1.29 is 0 Å². The van der Waals surface area contributed by atoms with Gasteiger partial charge in [-0.3, -0.25) is 0 Å². The van der Waals surface area contributed by atoms with Gasteiger partial charge in [0, 0.05) is 12.1 Å². The van der Waals surface area contributed by atoms with E-state index in [9.17, 15) is 0 Å². The third-order valence-corrected chi connectivity index (χ3v) is 3.92. The Morgan fingerprint density at radius 1 is 1.08 bits per heavy atom. The molecule has 0 unspecified atom stereocenters. The lowest BCUT2D eigenvalue weighted by molar-refractivity contribution is 0.254. The zero-order chi connectivity index (χ0) is 9.26. The number of nitrogens with one attached hydrogen (secondary N) is 1. The molecule has 1 nitrogen and oxygen atoms in total. The zero-order valence-electron chi connectivity index (χ0n) is 9.05. The standard InChI is InChI=1S/C12H23N/c1-9-5-3-4-6-12(9)13-10(2)11-7-8-11/h9-13H,3-8H2,1-2H3/t9-,10-,12-/m0/s1. The zero-order valence-corrected chi connectivity index (χ0v) is 9.05. The Bertz CT molecular complexity index is 163. The van der Waals surface area contributed by atoms with Crippen molar-refractivity contribution in [1.82, 2.24) is 5.32 Å². The van der Waals surface area contributed by atoms with Crippen molar-refractivity contribution in [3.63, 3.8) is 0 Å². The summed E-state index contributed by atoms with van der Waals surface area (Å²) in [4.78, 5) is 0. The van der Waals surface area contributed by atoms with Gasteiger partial charge >= 0.3 is 0 Å². The van der Waals surface area contributed by atoms with Crippen molar-refractivity contribution in [2.75, 3.05) is 0 Å². The van der Waals surface area contributed by atoms with E-state index < -0.39 is 0 Å². The number of hydrogen-bond acceptors (Lipinski definition) is 1. The van der Waals surface area contributed by atoms with Crippen LogP contribution in [0.3, 0.4) is 0 Å². The maximum absolute atomic E-state index is 3.83. The summed E-state index contributed by atoms with van der Waals surface area (Å²) in [6.45, 7) is 4.79. The quantitative estimate of drug-likeness (QED) is 0.706. The van der Waals surface area contributed by atoms with Gasteiger partial charge in [-0.15, -0.1) is 0 Å². The first-order valence-corrected chi connectivity index (χ1v) is 6.03. The van der Waals surface area contributed by atoms with E-state index in [1.807, 2.05) is 0 Å². The van der Waals surface area contributed by atoms with Crippen molar-refractivity contribution in [2.24, 2.45) is 11.8 Å². The predicted molar refractivity (Wildman–Crippen MR) is 56.7 cm³/mol. The molecule has 2 fully saturated rings. The SMILES string of the molecule is C[C@H](N[C@H]1CCCC[C@@H]1C)C1CC1. The van der Waals surface area contributed by atoms with E-state index in [-0.39, 0.29) is 0 Å². The molecule has 0 radical (unpaired) electrons. The fraction of sp³-hybridized carbons (Fsp3) is 1.00. The Hall–Kier alpha value is -0.0400. The molecule has 2 saturated carbocycles. The molecule has 3 atom stereocenters. The van der Waals surface area contributed by atoms with Gasteiger partial charge < -0.3 is 5.32 Å². The Balaban J connectivity index is 1.77. The first-order valence-electron chi connectivity index (χ1n) is 6.03. The van der Waals surface area contributed by atoms with Gasteiger partial charge in [0.05, 0.1) is 0 Å². The molecule has 1 heteroatoms. The molecule has 0 aliphatic heterocycles. The van der Waals surface area contributed by atoms with E-state index >= 15 is 0 Å². The van der Waals surface area contributed by atoms with Crippen molar-refractivity contribution >= 4 is 0 Å². The molecule has 2 aliphatic rings. The predicted octanol–water partition coefficient (Wildman–Crippen LogP) is 2.95. The summed E-state index contributed by atoms with van der Waals surface area (Å²) in [5, 5.41) is 3.83. The average Bonchev–Trinajstić information content (AvgIpc) is 2.91. The second-order valence-corrected chi connectivity index (χ2v) is 5.16. The maximum atomic E-state index is 3.83. The van der Waals surface area contributed by atoms with Crippen molar-refractivity contribution in [1.29, 1.82) is 0 Å². The minimum absolute atomic E-state index is 0.783. The Morgan fingerprint density at radius 3 is 2.38 bits per heavy atom. The highest BCUT2D eigenvalue weighted by molar-refractivity contribution is 4.88. The van der Waals surface area contributed by atoms with Gasteiger partial charge in [0.1, 0.15) is 0 Å². The van der Waals surface area contributed by atoms with Crippen LogP contribution in [-0.2, 0) is 0 Å². The molecular weight excluding hydrogens is 158 g/mol. The van der Waals surface area contributed by atoms with Crippen LogP contribution in [0.5, 0.6) is 0 Å². The molecule has 0 amide bonds. The van der Waals surface area contributed by atoms with Crippen LogP contribution in [0, 0.1) is 11.8 Å². The third kappa shape index (κ3) is 2.46. The summed E-state index contributed by atoms with van der Waals surface area (Å²) >= 11 is 0. The molecule has 2 aliphatic carbocycles. The summed E-state index contributed by atoms with van der Waals surface area (Å²) in [6, 6.07) is 1.61. The second-order valence-electron chi connectivity index (χ2n) is 5.16. The molecule has 0 aromatic carbocycles. The highest BCUT2D eigenvalue weighted by Crippen LogP contribution is 2.34. The van der Waals surface area contributed by atoms with E-state index in [1.54, 1.807) is 0 Å². The smallest absolute Gasteiger partial charge is 0.00952 e. The van der Waals surface area contributed by atoms with Crippen LogP contribution >= 0.6 is 0 Å². The van der Waals surface area contributed by atoms with E-state index in [0.29, 0.717) is 0 Å². The van der Waals surface area contributed by atoms with E-state index in [0.717, 1.165) is 23.9 Å². The van der Waals surface area contributed by atoms with Crippen LogP contribution in [0.15, 0.2) is 0 Å². The lowest BCUT2D eigenvalue weighted by Gasteiger charge is -2.32. The van der Waals surface area contributed by atoms with Crippen molar-refractivity contribution in [3.05, 3.63) is 0 Å². The Morgan fingerprint density at radius 2 is 1.77 bits per heavy atom. The molecule has 1 N–H and O–H groups in total. The van der Waals surface area contributed by atoms with Crippen LogP contribution in [-0.4, -0.2) is 12.1 Å². The number of hydrogen-bond donors (Lipinski definition) is 1. The molecule has 13 heavy (non-hydrogen) atoms. The van der Waals surface area contributed by atoms with Crippen LogP contribution in [0.1, 0.15) is 52.4 Å². The van der Waals surface area contributed by atoms with Gasteiger partial charge in [0.15, 0.2) is 0 Å². The Labute approximate surface area is 82.3 Å². The largest absolute Gasteiger partial charge is 0.311 e. The highest BCUT2D eigenvalue weighted by atomic mass is 15.0. The third-order valence-electron chi connectivity index (χ3n) is 3.92. The fourth-order valence-electron chi connectivity index (χ4n) is 2.63. The lowest BCUT2D eigenvalue weighted by Crippen LogP contribution is -2.43. The minimum Gasteiger partial charge on any atom is -0.311 e. The number of rotatable bonds is 3. The molecule has 0 aromatic heterocycles. The van der Waals surface area contributed by atoms with Crippen LogP contribution in [0.4, 0.5) is 0 Å². The first kappa shape index (κ1) is 9.51. The molecule has 2 rings (SSSR count). The molecule has 76 valence electrons. The second kappa shape index (κ2) is 4.00. The van der Waals surface area contributed by atoms with Gasteiger partial charge in [-0.05, 0) is 44.4 Å². The van der Waals surface area contributed by atoms with Crippen LogP contribution in [0.2, 0.25) is 0 Å². The van der Waals surface area contributed by atoms with Gasteiger partial charge in [-0.2, -0.15) is 0 Å². The van der Waals surface area contributed by atoms with Crippen molar-refractivity contribution in [3.8, 4) is 0 Å². The average molecular weight is 181 g/mol. The van der Waals surface area contributed by atoms with Gasteiger partial charge in [-0.1, -0.05) is 19.8 Å². The molecule has 0 aromatic rings. The monoisotopic (exact) mass is 181 g/mol. The topological polar surface area (TPSA) is 12.0 Å². The van der Waals surface area contributed by atoms with Crippen LogP contribution < -0.4 is 5.32 Å². The first-order chi connectivity index (χ1) is 6.27. The fourth-order valence-corrected chi connectivity index (χ4v) is 2.63. The van der Waals surface area contributed by atoms with Gasteiger partial charge in [0.25, 0.3) is 0 Å². The Kier molecular flexibility index (Phi) is 2.92. The van der Waals surface area contributed by atoms with Crippen LogP contribution in [0.25, 0.3) is 0 Å². The molecule has 0 saturated heterocycles. The molecule has 0 heterocycles. The van der Waals surface area contributed by atoms with E-state index in [1.165, 1.54) is 38.5 Å². The molecule has 0 bridgehead atoms. The minimum atomic E-state index is 0.783. The van der Waals surface area contributed by atoms with Crippen molar-refractivity contribution in [2.45, 2.75) is 64.5 Å². The summed E-state index contributed by atoms with van der Waals surface area (Å²) in [5.74, 6) is 1.92. The van der Waals surface area contributed by atoms with E-state index in [4.69, 9.17) is 0 Å². The molecule has 0 spiro atoms.